The van der Waals surface area contributed by atoms with Crippen LogP contribution in [-0.4, -0.2) is 21.0 Å². The van der Waals surface area contributed by atoms with Gasteiger partial charge in [-0.15, -0.1) is 0 Å². The van der Waals surface area contributed by atoms with E-state index in [4.69, 9.17) is 5.11 Å². The number of benzene rings is 1. The molecule has 0 saturated heterocycles. The van der Waals surface area contributed by atoms with Crippen LogP contribution < -0.4 is 0 Å². The van der Waals surface area contributed by atoms with E-state index in [1.54, 1.807) is 0 Å². The Kier molecular flexibility index (Phi) is 4.16. The predicted octanol–water partition coefficient (Wildman–Crippen LogP) is 3.45. The summed E-state index contributed by atoms with van der Waals surface area (Å²) in [4.78, 5) is 19.9. The third kappa shape index (κ3) is 3.54. The van der Waals surface area contributed by atoms with Crippen molar-refractivity contribution >= 4 is 17.7 Å². The highest BCUT2D eigenvalue weighted by molar-refractivity contribution is 7.99. The van der Waals surface area contributed by atoms with Crippen molar-refractivity contribution in [3.05, 3.63) is 47.8 Å². The van der Waals surface area contributed by atoms with E-state index in [2.05, 4.69) is 35.9 Å². The molecule has 2 aromatic rings. The van der Waals surface area contributed by atoms with Gasteiger partial charge in [0.1, 0.15) is 0 Å². The van der Waals surface area contributed by atoms with Gasteiger partial charge in [-0.2, -0.15) is 0 Å². The van der Waals surface area contributed by atoms with Crippen LogP contribution in [0.3, 0.4) is 0 Å². The number of aromatic carboxylic acids is 1. The van der Waals surface area contributed by atoms with Crippen LogP contribution in [0.5, 0.6) is 0 Å². The van der Waals surface area contributed by atoms with Crippen molar-refractivity contribution in [3.8, 4) is 0 Å². The number of carbonyl (C=O) groups is 1. The molecule has 0 amide bonds. The summed E-state index contributed by atoms with van der Waals surface area (Å²) in [5.41, 5.74) is 1.28. The van der Waals surface area contributed by atoms with Crippen molar-refractivity contribution in [2.24, 2.45) is 0 Å². The zero-order valence-corrected chi connectivity index (χ0v) is 11.5. The summed E-state index contributed by atoms with van der Waals surface area (Å²) >= 11 is 1.35. The number of hydrogen-bond acceptors (Lipinski definition) is 4. The van der Waals surface area contributed by atoms with Crippen LogP contribution in [0.15, 0.2) is 46.6 Å². The molecule has 0 radical (unpaired) electrons. The van der Waals surface area contributed by atoms with E-state index in [0.29, 0.717) is 11.1 Å². The summed E-state index contributed by atoms with van der Waals surface area (Å²) in [6, 6.07) is 9.50. The van der Waals surface area contributed by atoms with Gasteiger partial charge in [0.05, 0.1) is 0 Å². The van der Waals surface area contributed by atoms with Crippen molar-refractivity contribution in [3.63, 3.8) is 0 Å². The molecule has 98 valence electrons. The highest BCUT2D eigenvalue weighted by Gasteiger charge is 2.07. The monoisotopic (exact) mass is 274 g/mol. The van der Waals surface area contributed by atoms with Crippen LogP contribution in [-0.2, 0) is 0 Å². The van der Waals surface area contributed by atoms with E-state index in [1.165, 1.54) is 29.6 Å². The van der Waals surface area contributed by atoms with Gasteiger partial charge in [-0.1, -0.05) is 26.0 Å². The quantitative estimate of drug-likeness (QED) is 0.865. The number of carboxylic acid groups (broad SMARTS) is 1. The zero-order chi connectivity index (χ0) is 13.8. The van der Waals surface area contributed by atoms with Gasteiger partial charge < -0.3 is 5.11 Å². The molecular formula is C14H14N2O2S. The Morgan fingerprint density at radius 2 is 1.89 bits per heavy atom. The minimum Gasteiger partial charge on any atom is -0.477 e. The zero-order valence-electron chi connectivity index (χ0n) is 10.7. The number of aromatic nitrogens is 2. The topological polar surface area (TPSA) is 63.1 Å². The Bertz CT molecular complexity index is 582. The maximum absolute atomic E-state index is 10.8. The van der Waals surface area contributed by atoms with Crippen LogP contribution in [0, 0.1) is 0 Å². The second kappa shape index (κ2) is 5.84. The molecule has 5 heteroatoms. The first-order valence-electron chi connectivity index (χ1n) is 5.90. The van der Waals surface area contributed by atoms with Crippen LogP contribution in [0.25, 0.3) is 0 Å². The fraction of sp³-hybridized carbons (Fsp3) is 0.214. The molecule has 1 aromatic carbocycles. The minimum absolute atomic E-state index is 0.0105. The molecule has 4 nitrogen and oxygen atoms in total. The van der Waals surface area contributed by atoms with Gasteiger partial charge in [0, 0.05) is 11.1 Å². The molecule has 1 heterocycles. The molecule has 0 aliphatic heterocycles. The molecule has 0 saturated carbocycles. The Morgan fingerprint density at radius 3 is 2.47 bits per heavy atom. The Balaban J connectivity index is 2.16. The van der Waals surface area contributed by atoms with Crippen molar-refractivity contribution in [2.45, 2.75) is 29.8 Å². The molecule has 0 fully saturated rings. The third-order valence-corrected chi connectivity index (χ3v) is 3.50. The van der Waals surface area contributed by atoms with Crippen molar-refractivity contribution in [1.29, 1.82) is 0 Å². The maximum Gasteiger partial charge on any atom is 0.354 e. The predicted molar refractivity (Wildman–Crippen MR) is 73.6 cm³/mol. The second-order valence-corrected chi connectivity index (χ2v) is 5.40. The highest BCUT2D eigenvalue weighted by Crippen LogP contribution is 2.26. The minimum atomic E-state index is -1.04. The first-order valence-corrected chi connectivity index (χ1v) is 6.72. The van der Waals surface area contributed by atoms with Gasteiger partial charge in [0.15, 0.2) is 10.9 Å². The molecule has 0 bridgehead atoms. The fourth-order valence-electron chi connectivity index (χ4n) is 1.54. The first-order chi connectivity index (χ1) is 9.06. The number of nitrogens with zero attached hydrogens (tertiary/aromatic N) is 2. The van der Waals surface area contributed by atoms with Crippen LogP contribution >= 0.6 is 11.8 Å². The average Bonchev–Trinajstić information content (AvgIpc) is 2.39. The summed E-state index contributed by atoms with van der Waals surface area (Å²) in [6.45, 7) is 4.28. The molecular weight excluding hydrogens is 260 g/mol. The van der Waals surface area contributed by atoms with Gasteiger partial charge in [0.25, 0.3) is 0 Å². The highest BCUT2D eigenvalue weighted by atomic mass is 32.2. The summed E-state index contributed by atoms with van der Waals surface area (Å²) < 4.78 is 0. The van der Waals surface area contributed by atoms with E-state index >= 15 is 0 Å². The number of rotatable bonds is 4. The summed E-state index contributed by atoms with van der Waals surface area (Å²) in [7, 11) is 0. The number of hydrogen-bond donors (Lipinski definition) is 1. The van der Waals surface area contributed by atoms with Crippen molar-refractivity contribution in [1.82, 2.24) is 9.97 Å². The standard InChI is InChI=1S/C14H14N2O2S/c1-9(2)10-3-5-11(6-4-10)19-14-15-8-7-12(16-14)13(17)18/h3-9H,1-2H3,(H,17,18). The lowest BCUT2D eigenvalue weighted by Gasteiger charge is -2.06. The lowest BCUT2D eigenvalue weighted by Crippen LogP contribution is -2.01. The van der Waals surface area contributed by atoms with Gasteiger partial charge in [-0.05, 0) is 41.4 Å². The molecule has 0 aliphatic rings. The van der Waals surface area contributed by atoms with E-state index in [0.717, 1.165) is 4.90 Å². The summed E-state index contributed by atoms with van der Waals surface area (Å²) in [5.74, 6) is -0.551. The van der Waals surface area contributed by atoms with Crippen molar-refractivity contribution in [2.75, 3.05) is 0 Å². The Labute approximate surface area is 115 Å². The fourth-order valence-corrected chi connectivity index (χ4v) is 2.28. The lowest BCUT2D eigenvalue weighted by molar-refractivity contribution is 0.0689. The van der Waals surface area contributed by atoms with Crippen LogP contribution in [0.1, 0.15) is 35.8 Å². The van der Waals surface area contributed by atoms with E-state index in [9.17, 15) is 4.79 Å². The molecule has 1 aromatic heterocycles. The Hall–Kier alpha value is -1.88. The molecule has 1 N–H and O–H groups in total. The van der Waals surface area contributed by atoms with Gasteiger partial charge in [-0.25, -0.2) is 14.8 Å². The third-order valence-electron chi connectivity index (χ3n) is 2.61. The molecule has 0 spiro atoms. The Morgan fingerprint density at radius 1 is 1.21 bits per heavy atom. The molecule has 2 rings (SSSR count). The average molecular weight is 274 g/mol. The van der Waals surface area contributed by atoms with E-state index in [-0.39, 0.29) is 5.69 Å². The molecule has 19 heavy (non-hydrogen) atoms. The molecule has 0 atom stereocenters. The van der Waals surface area contributed by atoms with E-state index < -0.39 is 5.97 Å². The van der Waals surface area contributed by atoms with Crippen molar-refractivity contribution < 1.29 is 9.90 Å². The second-order valence-electron chi connectivity index (χ2n) is 4.36. The van der Waals surface area contributed by atoms with Gasteiger partial charge in [-0.3, -0.25) is 0 Å². The smallest absolute Gasteiger partial charge is 0.354 e. The first kappa shape index (κ1) is 13.5. The maximum atomic E-state index is 10.8. The summed E-state index contributed by atoms with van der Waals surface area (Å²) in [6.07, 6.45) is 1.46. The summed E-state index contributed by atoms with van der Waals surface area (Å²) in [5, 5.41) is 9.32. The van der Waals surface area contributed by atoms with E-state index in [1.807, 2.05) is 12.1 Å². The van der Waals surface area contributed by atoms with Crippen LogP contribution in [0.4, 0.5) is 0 Å². The molecule has 0 aliphatic carbocycles. The lowest BCUT2D eigenvalue weighted by atomic mass is 10.0. The number of carboxylic acids is 1. The largest absolute Gasteiger partial charge is 0.477 e. The normalized spacial score (nSPS) is 10.7. The molecule has 0 unspecified atom stereocenters. The SMILES string of the molecule is CC(C)c1ccc(Sc2nccc(C(=O)O)n2)cc1. The van der Waals surface area contributed by atoms with Crippen LogP contribution in [0.2, 0.25) is 0 Å². The van der Waals surface area contributed by atoms with Gasteiger partial charge >= 0.3 is 5.97 Å². The van der Waals surface area contributed by atoms with Gasteiger partial charge in [0.2, 0.25) is 0 Å².